The Hall–Kier alpha value is -1.33. The highest BCUT2D eigenvalue weighted by Gasteiger charge is 2.02. The zero-order chi connectivity index (χ0) is 17.6. The first-order valence-corrected chi connectivity index (χ1v) is 9.39. The minimum absolute atomic E-state index is 0.465. The Labute approximate surface area is 156 Å². The summed E-state index contributed by atoms with van der Waals surface area (Å²) in [6, 6.07) is 5.62. The highest BCUT2D eigenvalue weighted by atomic mass is 35.5. The maximum Gasteiger partial charge on any atom is 0.186 e. The van der Waals surface area contributed by atoms with Gasteiger partial charge in [0, 0.05) is 7.05 Å². The second-order valence-corrected chi connectivity index (χ2v) is 6.42. The summed E-state index contributed by atoms with van der Waals surface area (Å²) in [5.41, 5.74) is 3.58. The van der Waals surface area contributed by atoms with Gasteiger partial charge >= 0.3 is 0 Å². The number of nitrogens with one attached hydrogen (secondary N) is 2. The average Bonchev–Trinajstić information content (AvgIpc) is 2.58. The molecule has 0 aliphatic rings. The van der Waals surface area contributed by atoms with Gasteiger partial charge in [-0.2, -0.15) is 5.10 Å². The second kappa shape index (κ2) is 13.0. The molecule has 134 valence electrons. The summed E-state index contributed by atoms with van der Waals surface area (Å²) < 4.78 is 5.76. The molecular weight excluding hydrogens is 342 g/mol. The van der Waals surface area contributed by atoms with E-state index in [9.17, 15) is 0 Å². The summed E-state index contributed by atoms with van der Waals surface area (Å²) in [5.74, 6) is 0.721. The van der Waals surface area contributed by atoms with Gasteiger partial charge in [0.1, 0.15) is 5.75 Å². The van der Waals surface area contributed by atoms with E-state index in [-0.39, 0.29) is 0 Å². The maximum absolute atomic E-state index is 6.25. The molecule has 2 N–H and O–H groups in total. The van der Waals surface area contributed by atoms with Crippen LogP contribution in [0.5, 0.6) is 5.75 Å². The molecule has 24 heavy (non-hydrogen) atoms. The van der Waals surface area contributed by atoms with E-state index in [1.807, 2.05) is 18.2 Å². The Kier molecular flexibility index (Phi) is 11.2. The maximum atomic E-state index is 6.25. The van der Waals surface area contributed by atoms with Crippen LogP contribution < -0.4 is 15.5 Å². The van der Waals surface area contributed by atoms with Gasteiger partial charge in [0.15, 0.2) is 5.11 Å². The molecule has 1 rings (SSSR count). The third-order valence-corrected chi connectivity index (χ3v) is 4.16. The van der Waals surface area contributed by atoms with E-state index in [0.717, 1.165) is 17.7 Å². The third kappa shape index (κ3) is 9.08. The average molecular weight is 370 g/mol. The van der Waals surface area contributed by atoms with Gasteiger partial charge in [-0.3, -0.25) is 5.43 Å². The van der Waals surface area contributed by atoms with E-state index >= 15 is 0 Å². The Morgan fingerprint density at radius 1 is 1.21 bits per heavy atom. The summed E-state index contributed by atoms with van der Waals surface area (Å²) >= 11 is 11.2. The van der Waals surface area contributed by atoms with Crippen LogP contribution in [0.2, 0.25) is 5.02 Å². The summed E-state index contributed by atoms with van der Waals surface area (Å²) in [6.07, 6.45) is 10.5. The van der Waals surface area contributed by atoms with Crippen molar-refractivity contribution in [2.24, 2.45) is 5.10 Å². The number of hydrogen-bond donors (Lipinski definition) is 2. The van der Waals surface area contributed by atoms with E-state index in [4.69, 9.17) is 28.6 Å². The molecule has 0 aliphatic carbocycles. The minimum Gasteiger partial charge on any atom is -0.492 e. The third-order valence-electron chi connectivity index (χ3n) is 3.57. The standard InChI is InChI=1S/C18H28ClN3OS/c1-3-4-5-6-7-8-9-12-23-17-11-10-15(13-16(17)19)14-21-22-18(24)20-2/h10-11,13-14H,3-9,12H2,1-2H3,(H2,20,22,24)/b21-14+. The van der Waals surface area contributed by atoms with Gasteiger partial charge in [0.2, 0.25) is 0 Å². The van der Waals surface area contributed by atoms with Crippen LogP contribution in [0.3, 0.4) is 0 Å². The van der Waals surface area contributed by atoms with Gasteiger partial charge in [-0.15, -0.1) is 0 Å². The lowest BCUT2D eigenvalue weighted by molar-refractivity contribution is 0.304. The fourth-order valence-electron chi connectivity index (χ4n) is 2.18. The molecule has 0 saturated heterocycles. The normalized spacial score (nSPS) is 10.8. The quantitative estimate of drug-likeness (QED) is 0.252. The molecule has 0 heterocycles. The largest absolute Gasteiger partial charge is 0.492 e. The molecule has 1 aromatic rings. The first-order chi connectivity index (χ1) is 11.7. The summed E-state index contributed by atoms with van der Waals surface area (Å²) in [7, 11) is 1.74. The van der Waals surface area contributed by atoms with Crippen LogP contribution in [0.1, 0.15) is 57.4 Å². The van der Waals surface area contributed by atoms with Crippen molar-refractivity contribution in [3.8, 4) is 5.75 Å². The van der Waals surface area contributed by atoms with Crippen molar-refractivity contribution in [1.29, 1.82) is 0 Å². The number of halogens is 1. The number of unbranched alkanes of at least 4 members (excludes halogenated alkanes) is 6. The van der Waals surface area contributed by atoms with Gasteiger partial charge in [-0.25, -0.2) is 0 Å². The molecule has 1 aromatic carbocycles. The van der Waals surface area contributed by atoms with E-state index in [1.165, 1.54) is 38.5 Å². The molecule has 0 fully saturated rings. The van der Waals surface area contributed by atoms with Crippen LogP contribution in [-0.2, 0) is 0 Å². The van der Waals surface area contributed by atoms with Crippen molar-refractivity contribution in [1.82, 2.24) is 10.7 Å². The SMILES string of the molecule is CCCCCCCCCOc1ccc(/C=N/NC(=S)NC)cc1Cl. The molecule has 0 spiro atoms. The van der Waals surface area contributed by atoms with Gasteiger partial charge in [-0.05, 0) is 42.4 Å². The van der Waals surface area contributed by atoms with E-state index in [0.29, 0.717) is 16.7 Å². The first-order valence-electron chi connectivity index (χ1n) is 8.60. The lowest BCUT2D eigenvalue weighted by Gasteiger charge is -2.08. The monoisotopic (exact) mass is 369 g/mol. The minimum atomic E-state index is 0.465. The topological polar surface area (TPSA) is 45.6 Å². The number of rotatable bonds is 11. The van der Waals surface area contributed by atoms with Crippen molar-refractivity contribution in [2.75, 3.05) is 13.7 Å². The predicted molar refractivity (Wildman–Crippen MR) is 107 cm³/mol. The van der Waals surface area contributed by atoms with Crippen LogP contribution in [0.25, 0.3) is 0 Å². The van der Waals surface area contributed by atoms with Crippen LogP contribution >= 0.6 is 23.8 Å². The van der Waals surface area contributed by atoms with Crippen LogP contribution in [0.4, 0.5) is 0 Å². The van der Waals surface area contributed by atoms with Gasteiger partial charge < -0.3 is 10.1 Å². The highest BCUT2D eigenvalue weighted by Crippen LogP contribution is 2.25. The fourth-order valence-corrected chi connectivity index (χ4v) is 2.47. The van der Waals surface area contributed by atoms with Crippen LogP contribution in [0.15, 0.2) is 23.3 Å². The van der Waals surface area contributed by atoms with E-state index in [2.05, 4.69) is 22.8 Å². The van der Waals surface area contributed by atoms with Crippen molar-refractivity contribution >= 4 is 35.1 Å². The predicted octanol–water partition coefficient (Wildman–Crippen LogP) is 4.90. The molecule has 6 heteroatoms. The Bertz CT molecular complexity index is 523. The van der Waals surface area contributed by atoms with E-state index in [1.54, 1.807) is 13.3 Å². The fraction of sp³-hybridized carbons (Fsp3) is 0.556. The smallest absolute Gasteiger partial charge is 0.186 e. The molecule has 0 unspecified atom stereocenters. The van der Waals surface area contributed by atoms with E-state index < -0.39 is 0 Å². The summed E-state index contributed by atoms with van der Waals surface area (Å²) in [4.78, 5) is 0. The van der Waals surface area contributed by atoms with Crippen LogP contribution in [0, 0.1) is 0 Å². The van der Waals surface area contributed by atoms with Gasteiger partial charge in [-0.1, -0.05) is 57.0 Å². The number of hydrazone groups is 1. The Morgan fingerprint density at radius 3 is 2.58 bits per heavy atom. The zero-order valence-electron chi connectivity index (χ0n) is 14.6. The molecule has 0 bridgehead atoms. The number of hydrogen-bond acceptors (Lipinski definition) is 3. The van der Waals surface area contributed by atoms with Gasteiger partial charge in [0.05, 0.1) is 17.8 Å². The van der Waals surface area contributed by atoms with Crippen molar-refractivity contribution in [3.05, 3.63) is 28.8 Å². The molecular formula is C18H28ClN3OS. The Balaban J connectivity index is 2.28. The summed E-state index contributed by atoms with van der Waals surface area (Å²) in [6.45, 7) is 2.95. The second-order valence-electron chi connectivity index (χ2n) is 5.61. The lowest BCUT2D eigenvalue weighted by atomic mass is 10.1. The molecule has 0 amide bonds. The molecule has 0 atom stereocenters. The zero-order valence-corrected chi connectivity index (χ0v) is 16.2. The molecule has 0 saturated carbocycles. The molecule has 0 radical (unpaired) electrons. The van der Waals surface area contributed by atoms with Gasteiger partial charge in [0.25, 0.3) is 0 Å². The van der Waals surface area contributed by atoms with Crippen molar-refractivity contribution in [3.63, 3.8) is 0 Å². The lowest BCUT2D eigenvalue weighted by Crippen LogP contribution is -2.28. The molecule has 0 aliphatic heterocycles. The number of thiocarbonyl (C=S) groups is 1. The molecule has 4 nitrogen and oxygen atoms in total. The van der Waals surface area contributed by atoms with Crippen LogP contribution in [-0.4, -0.2) is 25.0 Å². The number of ether oxygens (including phenoxy) is 1. The summed E-state index contributed by atoms with van der Waals surface area (Å²) in [5, 5.41) is 7.86. The number of nitrogens with zero attached hydrogens (tertiary/aromatic N) is 1. The highest BCUT2D eigenvalue weighted by molar-refractivity contribution is 7.80. The first kappa shape index (κ1) is 20.7. The molecule has 0 aromatic heterocycles. The van der Waals surface area contributed by atoms with Crippen molar-refractivity contribution < 1.29 is 4.74 Å². The Morgan fingerprint density at radius 2 is 1.92 bits per heavy atom. The van der Waals surface area contributed by atoms with Crippen molar-refractivity contribution in [2.45, 2.75) is 51.9 Å². The number of benzene rings is 1.